The third-order valence-corrected chi connectivity index (χ3v) is 7.16. The molecule has 4 rings (SSSR count). The zero-order chi connectivity index (χ0) is 19.4. The van der Waals surface area contributed by atoms with Crippen molar-refractivity contribution in [2.45, 2.75) is 55.8 Å². The standard InChI is InChI=1S/C19H20F3NO3S/c1-12-10-15(12)17-9-8-14(26-17)11-23(13-6-7-13)27(24,25)18-5-3-2-4-16(18)19(20,21)22/h2-5,8-9,12-13,15H,6-7,10-11H2,1H3/t12-,15+/m1/s1. The van der Waals surface area contributed by atoms with Crippen molar-refractivity contribution in [1.82, 2.24) is 4.31 Å². The van der Waals surface area contributed by atoms with Gasteiger partial charge in [0.25, 0.3) is 0 Å². The van der Waals surface area contributed by atoms with Crippen molar-refractivity contribution in [2.24, 2.45) is 5.92 Å². The molecule has 27 heavy (non-hydrogen) atoms. The zero-order valence-corrected chi connectivity index (χ0v) is 15.6. The number of rotatable bonds is 6. The summed E-state index contributed by atoms with van der Waals surface area (Å²) in [4.78, 5) is -0.702. The van der Waals surface area contributed by atoms with E-state index in [1.165, 1.54) is 12.1 Å². The van der Waals surface area contributed by atoms with E-state index in [4.69, 9.17) is 4.42 Å². The van der Waals surface area contributed by atoms with Crippen LogP contribution in [0.4, 0.5) is 13.2 Å². The fraction of sp³-hybridized carbons (Fsp3) is 0.474. The summed E-state index contributed by atoms with van der Waals surface area (Å²) in [6.45, 7) is 2.06. The largest absolute Gasteiger partial charge is 0.464 e. The molecule has 0 amide bonds. The molecular weight excluding hydrogens is 379 g/mol. The van der Waals surface area contributed by atoms with Crippen LogP contribution in [-0.2, 0) is 22.7 Å². The molecule has 8 heteroatoms. The number of sulfonamides is 1. The molecule has 2 atom stereocenters. The number of alkyl halides is 3. The highest BCUT2D eigenvalue weighted by Crippen LogP contribution is 2.47. The van der Waals surface area contributed by atoms with Gasteiger partial charge in [0.1, 0.15) is 11.5 Å². The van der Waals surface area contributed by atoms with Gasteiger partial charge in [0, 0.05) is 12.0 Å². The second-order valence-electron chi connectivity index (χ2n) is 7.40. The lowest BCUT2D eigenvalue weighted by Gasteiger charge is -2.23. The topological polar surface area (TPSA) is 50.5 Å². The lowest BCUT2D eigenvalue weighted by molar-refractivity contribution is -0.139. The van der Waals surface area contributed by atoms with Gasteiger partial charge in [-0.15, -0.1) is 0 Å². The highest BCUT2D eigenvalue weighted by Gasteiger charge is 2.44. The number of hydrogen-bond donors (Lipinski definition) is 0. The minimum atomic E-state index is -4.74. The van der Waals surface area contributed by atoms with Crippen molar-refractivity contribution in [1.29, 1.82) is 0 Å². The summed E-state index contributed by atoms with van der Waals surface area (Å²) in [5.41, 5.74) is -1.14. The summed E-state index contributed by atoms with van der Waals surface area (Å²) >= 11 is 0. The molecule has 1 aromatic carbocycles. The van der Waals surface area contributed by atoms with Crippen molar-refractivity contribution in [3.8, 4) is 0 Å². The lowest BCUT2D eigenvalue weighted by Crippen LogP contribution is -2.33. The van der Waals surface area contributed by atoms with Crippen molar-refractivity contribution in [3.05, 3.63) is 53.5 Å². The molecule has 2 saturated carbocycles. The van der Waals surface area contributed by atoms with Crippen LogP contribution in [0.5, 0.6) is 0 Å². The average Bonchev–Trinajstić information content (AvgIpc) is 3.52. The highest BCUT2D eigenvalue weighted by atomic mass is 32.2. The Morgan fingerprint density at radius 3 is 2.41 bits per heavy atom. The molecule has 0 radical (unpaired) electrons. The summed E-state index contributed by atoms with van der Waals surface area (Å²) in [6, 6.07) is 7.60. The van der Waals surface area contributed by atoms with Gasteiger partial charge in [0.2, 0.25) is 10.0 Å². The minimum Gasteiger partial charge on any atom is -0.464 e. The van der Waals surface area contributed by atoms with Crippen LogP contribution in [0.15, 0.2) is 45.7 Å². The van der Waals surface area contributed by atoms with Gasteiger partial charge in [-0.05, 0) is 49.4 Å². The maximum Gasteiger partial charge on any atom is 0.417 e. The number of furan rings is 1. The van der Waals surface area contributed by atoms with Crippen LogP contribution in [-0.4, -0.2) is 18.8 Å². The highest BCUT2D eigenvalue weighted by molar-refractivity contribution is 7.89. The second-order valence-corrected chi connectivity index (χ2v) is 9.26. The van der Waals surface area contributed by atoms with Crippen molar-refractivity contribution >= 4 is 10.0 Å². The van der Waals surface area contributed by atoms with Gasteiger partial charge < -0.3 is 4.42 Å². The predicted molar refractivity (Wildman–Crippen MR) is 92.4 cm³/mol. The first-order valence-corrected chi connectivity index (χ1v) is 10.4. The average molecular weight is 399 g/mol. The number of hydrogen-bond acceptors (Lipinski definition) is 3. The van der Waals surface area contributed by atoms with Crippen LogP contribution < -0.4 is 0 Å². The van der Waals surface area contributed by atoms with E-state index in [1.54, 1.807) is 6.07 Å². The molecule has 2 fully saturated rings. The molecule has 0 saturated heterocycles. The molecular formula is C19H20F3NO3S. The Morgan fingerprint density at radius 1 is 1.15 bits per heavy atom. The SMILES string of the molecule is C[C@@H]1C[C@@H]1c1ccc(CN(C2CC2)S(=O)(=O)c2ccccc2C(F)(F)F)o1. The summed E-state index contributed by atoms with van der Waals surface area (Å²) in [5.74, 6) is 2.19. The normalized spacial score (nSPS) is 23.0. The fourth-order valence-corrected chi connectivity index (χ4v) is 5.24. The fourth-order valence-electron chi connectivity index (χ4n) is 3.38. The monoisotopic (exact) mass is 399 g/mol. The Bertz CT molecular complexity index is 947. The van der Waals surface area contributed by atoms with Gasteiger partial charge in [-0.25, -0.2) is 8.42 Å². The van der Waals surface area contributed by atoms with E-state index in [0.717, 1.165) is 28.6 Å². The Labute approximate surface area is 156 Å². The van der Waals surface area contributed by atoms with Gasteiger partial charge in [-0.2, -0.15) is 17.5 Å². The molecule has 0 spiro atoms. The van der Waals surface area contributed by atoms with Crippen LogP contribution in [0.25, 0.3) is 0 Å². The quantitative estimate of drug-likeness (QED) is 0.703. The molecule has 2 aromatic rings. The number of nitrogens with zero attached hydrogens (tertiary/aromatic N) is 1. The minimum absolute atomic E-state index is 0.0553. The Morgan fingerprint density at radius 2 is 1.81 bits per heavy atom. The lowest BCUT2D eigenvalue weighted by atomic mass is 10.2. The van der Waals surface area contributed by atoms with E-state index in [0.29, 0.717) is 30.4 Å². The molecule has 0 bridgehead atoms. The summed E-state index contributed by atoms with van der Waals surface area (Å²) in [7, 11) is -4.30. The van der Waals surface area contributed by atoms with E-state index in [9.17, 15) is 21.6 Å². The molecule has 1 aromatic heterocycles. The molecule has 4 nitrogen and oxygen atoms in total. The van der Waals surface area contributed by atoms with Crippen molar-refractivity contribution in [3.63, 3.8) is 0 Å². The summed E-state index contributed by atoms with van der Waals surface area (Å²) in [5, 5.41) is 0. The van der Waals surface area contributed by atoms with Crippen molar-refractivity contribution in [2.75, 3.05) is 0 Å². The molecule has 1 heterocycles. The predicted octanol–water partition coefficient (Wildman–Crippen LogP) is 4.78. The maximum atomic E-state index is 13.3. The Balaban J connectivity index is 1.65. The molecule has 2 aliphatic rings. The Hall–Kier alpha value is -1.80. The van der Waals surface area contributed by atoms with Gasteiger partial charge in [-0.1, -0.05) is 19.1 Å². The van der Waals surface area contributed by atoms with E-state index < -0.39 is 26.7 Å². The molecule has 146 valence electrons. The van der Waals surface area contributed by atoms with E-state index in [2.05, 4.69) is 6.92 Å². The van der Waals surface area contributed by atoms with Gasteiger partial charge >= 0.3 is 6.18 Å². The molecule has 0 unspecified atom stereocenters. The van der Waals surface area contributed by atoms with E-state index >= 15 is 0 Å². The molecule has 0 aliphatic heterocycles. The number of halogens is 3. The van der Waals surface area contributed by atoms with Crippen LogP contribution in [0.3, 0.4) is 0 Å². The molecule has 0 N–H and O–H groups in total. The van der Waals surface area contributed by atoms with Crippen LogP contribution in [0, 0.1) is 5.92 Å². The molecule has 2 aliphatic carbocycles. The van der Waals surface area contributed by atoms with Crippen molar-refractivity contribution < 1.29 is 26.0 Å². The summed E-state index contributed by atoms with van der Waals surface area (Å²) in [6.07, 6.45) is -2.42. The first-order valence-electron chi connectivity index (χ1n) is 8.94. The zero-order valence-electron chi connectivity index (χ0n) is 14.7. The third-order valence-electron chi connectivity index (χ3n) is 5.20. The van der Waals surface area contributed by atoms with Gasteiger partial charge in [-0.3, -0.25) is 0 Å². The first kappa shape index (κ1) is 18.6. The second kappa shape index (κ2) is 6.38. The van der Waals surface area contributed by atoms with Crippen LogP contribution >= 0.6 is 0 Å². The van der Waals surface area contributed by atoms with Crippen LogP contribution in [0.1, 0.15) is 49.2 Å². The van der Waals surface area contributed by atoms with E-state index in [-0.39, 0.29) is 12.6 Å². The van der Waals surface area contributed by atoms with Gasteiger partial charge in [0.15, 0.2) is 0 Å². The smallest absolute Gasteiger partial charge is 0.417 e. The van der Waals surface area contributed by atoms with Gasteiger partial charge in [0.05, 0.1) is 17.0 Å². The van der Waals surface area contributed by atoms with Crippen LogP contribution in [0.2, 0.25) is 0 Å². The summed E-state index contributed by atoms with van der Waals surface area (Å²) < 4.78 is 73.0. The first-order chi connectivity index (χ1) is 12.7. The van der Waals surface area contributed by atoms with E-state index in [1.807, 2.05) is 6.07 Å². The Kier molecular flexibility index (Phi) is 4.38. The maximum absolute atomic E-state index is 13.3. The number of benzene rings is 1. The third kappa shape index (κ3) is 3.65.